The highest BCUT2D eigenvalue weighted by molar-refractivity contribution is 9.11. The molecule has 3 aromatic rings. The third-order valence-corrected chi connectivity index (χ3v) is 5.37. The predicted octanol–water partition coefficient (Wildman–Crippen LogP) is 6.06. The molecular weight excluding hydrogens is 394 g/mol. The molecule has 0 saturated heterocycles. The molecule has 4 heteroatoms. The van der Waals surface area contributed by atoms with Gasteiger partial charge in [-0.25, -0.2) is 0 Å². The Hall–Kier alpha value is -2.17. The van der Waals surface area contributed by atoms with Crippen LogP contribution in [-0.4, -0.2) is 10.8 Å². The van der Waals surface area contributed by atoms with Crippen molar-refractivity contribution in [3.63, 3.8) is 0 Å². The molecule has 0 saturated carbocycles. The first-order chi connectivity index (χ1) is 12.1. The van der Waals surface area contributed by atoms with Crippen molar-refractivity contribution in [2.75, 3.05) is 0 Å². The highest BCUT2D eigenvalue weighted by Gasteiger charge is 2.17. The van der Waals surface area contributed by atoms with Gasteiger partial charge in [0.2, 0.25) is 5.91 Å². The molecule has 2 aromatic carbocycles. The van der Waals surface area contributed by atoms with E-state index in [1.165, 1.54) is 0 Å². The maximum absolute atomic E-state index is 12.4. The van der Waals surface area contributed by atoms with E-state index in [1.807, 2.05) is 71.6 Å². The lowest BCUT2D eigenvalue weighted by Gasteiger charge is -2.25. The molecule has 0 atom stereocenters. The molecular formula is C21H18BrNOS. The Morgan fingerprint density at radius 2 is 1.64 bits per heavy atom. The minimum atomic E-state index is 0.0228. The number of amides is 1. The largest absolute Gasteiger partial charge is 0.308 e. The van der Waals surface area contributed by atoms with Gasteiger partial charge in [-0.3, -0.25) is 4.79 Å². The molecule has 1 amide bonds. The highest BCUT2D eigenvalue weighted by atomic mass is 79.9. The number of benzene rings is 2. The molecule has 0 aliphatic carbocycles. The maximum atomic E-state index is 12.4. The van der Waals surface area contributed by atoms with E-state index in [9.17, 15) is 4.79 Å². The maximum Gasteiger partial charge on any atom is 0.224 e. The van der Waals surface area contributed by atoms with Gasteiger partial charge in [-0.15, -0.1) is 11.3 Å². The Kier molecular flexibility index (Phi) is 5.84. The number of nitrogens with zero attached hydrogens (tertiary/aromatic N) is 1. The van der Waals surface area contributed by atoms with E-state index in [1.54, 1.807) is 18.3 Å². The lowest BCUT2D eigenvalue weighted by molar-refractivity contribution is -0.126. The van der Waals surface area contributed by atoms with Crippen LogP contribution in [0.1, 0.15) is 22.9 Å². The predicted molar refractivity (Wildman–Crippen MR) is 109 cm³/mol. The summed E-state index contributed by atoms with van der Waals surface area (Å²) in [5, 5.41) is 0. The molecule has 1 heterocycles. The molecule has 0 radical (unpaired) electrons. The van der Waals surface area contributed by atoms with Crippen molar-refractivity contribution in [1.29, 1.82) is 0 Å². The fourth-order valence-corrected chi connectivity index (χ4v) is 3.96. The van der Waals surface area contributed by atoms with Gasteiger partial charge in [0.25, 0.3) is 0 Å². The van der Waals surface area contributed by atoms with Gasteiger partial charge in [-0.2, -0.15) is 0 Å². The van der Waals surface area contributed by atoms with Crippen molar-refractivity contribution in [2.24, 2.45) is 0 Å². The molecule has 0 spiro atoms. The van der Waals surface area contributed by atoms with Crippen molar-refractivity contribution in [3.8, 4) is 0 Å². The smallest absolute Gasteiger partial charge is 0.224 e. The van der Waals surface area contributed by atoms with E-state index < -0.39 is 0 Å². The van der Waals surface area contributed by atoms with Crippen molar-refractivity contribution in [3.05, 3.63) is 92.6 Å². The van der Waals surface area contributed by atoms with E-state index >= 15 is 0 Å². The summed E-state index contributed by atoms with van der Waals surface area (Å²) < 4.78 is 1.07. The number of thiophene rings is 1. The van der Waals surface area contributed by atoms with E-state index in [4.69, 9.17) is 0 Å². The van der Waals surface area contributed by atoms with Gasteiger partial charge >= 0.3 is 0 Å². The van der Waals surface area contributed by atoms with Gasteiger partial charge in [0.15, 0.2) is 0 Å². The van der Waals surface area contributed by atoms with Gasteiger partial charge in [0.05, 0.1) is 16.0 Å². The topological polar surface area (TPSA) is 20.3 Å². The summed E-state index contributed by atoms with van der Waals surface area (Å²) in [4.78, 5) is 15.4. The van der Waals surface area contributed by atoms with Crippen LogP contribution in [0, 0.1) is 0 Å². The summed E-state index contributed by atoms with van der Waals surface area (Å²) in [6, 6.07) is 24.2. The Balaban J connectivity index is 2.04. The second-order valence-electron chi connectivity index (χ2n) is 5.63. The molecule has 0 unspecified atom stereocenters. The minimum absolute atomic E-state index is 0.0228. The molecule has 0 aliphatic heterocycles. The molecule has 2 nitrogen and oxygen atoms in total. The second kappa shape index (κ2) is 8.28. The molecule has 0 fully saturated rings. The van der Waals surface area contributed by atoms with Crippen LogP contribution >= 0.6 is 27.3 Å². The van der Waals surface area contributed by atoms with E-state index in [0.29, 0.717) is 6.54 Å². The Labute approximate surface area is 160 Å². The summed E-state index contributed by atoms with van der Waals surface area (Å²) in [5.41, 5.74) is 3.04. The third-order valence-electron chi connectivity index (χ3n) is 3.80. The van der Waals surface area contributed by atoms with Crippen molar-refractivity contribution >= 4 is 44.9 Å². The number of hydrogen-bond donors (Lipinski definition) is 0. The van der Waals surface area contributed by atoms with E-state index in [-0.39, 0.29) is 5.91 Å². The first-order valence-electron chi connectivity index (χ1n) is 7.98. The number of carbonyl (C=O) groups excluding carboxylic acids is 1. The molecule has 0 bridgehead atoms. The number of hydrogen-bond acceptors (Lipinski definition) is 2. The number of rotatable bonds is 5. The summed E-state index contributed by atoms with van der Waals surface area (Å²) >= 11 is 5.16. The molecule has 1 aromatic heterocycles. The molecule has 0 aliphatic rings. The lowest BCUT2D eigenvalue weighted by Crippen LogP contribution is -2.26. The van der Waals surface area contributed by atoms with Gasteiger partial charge in [0, 0.05) is 11.8 Å². The zero-order valence-electron chi connectivity index (χ0n) is 13.9. The van der Waals surface area contributed by atoms with Crippen LogP contribution in [0.25, 0.3) is 11.8 Å². The molecule has 0 N–H and O–H groups in total. The second-order valence-corrected chi connectivity index (χ2v) is 8.12. The van der Waals surface area contributed by atoms with Crippen molar-refractivity contribution < 1.29 is 4.79 Å². The quantitative estimate of drug-likeness (QED) is 0.499. The Morgan fingerprint density at radius 3 is 2.20 bits per heavy atom. The SMILES string of the molecule is CC(=O)N(Cc1ccccc1)/C(=C\c1ccc(Br)s1)c1ccccc1. The lowest BCUT2D eigenvalue weighted by atomic mass is 10.1. The first-order valence-corrected chi connectivity index (χ1v) is 9.59. The zero-order valence-corrected chi connectivity index (χ0v) is 16.3. The van der Waals surface area contributed by atoms with Crippen LogP contribution in [0.4, 0.5) is 0 Å². The molecule has 25 heavy (non-hydrogen) atoms. The monoisotopic (exact) mass is 411 g/mol. The number of carbonyl (C=O) groups is 1. The van der Waals surface area contributed by atoms with Crippen LogP contribution in [0.3, 0.4) is 0 Å². The van der Waals surface area contributed by atoms with Crippen molar-refractivity contribution in [1.82, 2.24) is 4.90 Å². The normalized spacial score (nSPS) is 11.4. The highest BCUT2D eigenvalue weighted by Crippen LogP contribution is 2.29. The number of halogens is 1. The molecule has 3 rings (SSSR count). The zero-order chi connectivity index (χ0) is 17.6. The summed E-state index contributed by atoms with van der Waals surface area (Å²) in [5.74, 6) is 0.0228. The van der Waals surface area contributed by atoms with Gasteiger partial charge in [0.1, 0.15) is 0 Å². The van der Waals surface area contributed by atoms with E-state index in [0.717, 1.165) is 25.5 Å². The van der Waals surface area contributed by atoms with Crippen molar-refractivity contribution in [2.45, 2.75) is 13.5 Å². The van der Waals surface area contributed by atoms with Gasteiger partial charge < -0.3 is 4.90 Å². The fraction of sp³-hybridized carbons (Fsp3) is 0.0952. The van der Waals surface area contributed by atoms with Gasteiger partial charge in [-0.1, -0.05) is 60.7 Å². The summed E-state index contributed by atoms with van der Waals surface area (Å²) in [6.45, 7) is 2.16. The van der Waals surface area contributed by atoms with Crippen LogP contribution in [0.5, 0.6) is 0 Å². The Morgan fingerprint density at radius 1 is 1.00 bits per heavy atom. The van der Waals surface area contributed by atoms with Crippen LogP contribution in [0.2, 0.25) is 0 Å². The van der Waals surface area contributed by atoms with Crippen LogP contribution in [0.15, 0.2) is 76.6 Å². The minimum Gasteiger partial charge on any atom is -0.308 e. The third kappa shape index (κ3) is 4.68. The first kappa shape index (κ1) is 17.6. The van der Waals surface area contributed by atoms with Crippen LogP contribution < -0.4 is 0 Å². The van der Waals surface area contributed by atoms with Gasteiger partial charge in [-0.05, 0) is 45.3 Å². The van der Waals surface area contributed by atoms with E-state index in [2.05, 4.69) is 28.1 Å². The average Bonchev–Trinajstić information content (AvgIpc) is 3.04. The van der Waals surface area contributed by atoms with Crippen LogP contribution in [-0.2, 0) is 11.3 Å². The summed E-state index contributed by atoms with van der Waals surface area (Å²) in [6.07, 6.45) is 2.08. The fourth-order valence-electron chi connectivity index (χ4n) is 2.60. The standard InChI is InChI=1S/C21H18BrNOS/c1-16(24)23(15-17-8-4-2-5-9-17)20(18-10-6-3-7-11-18)14-19-12-13-21(22)25-19/h2-14H,15H2,1H3/b20-14-. The molecule has 126 valence electrons. The summed E-state index contributed by atoms with van der Waals surface area (Å²) in [7, 11) is 0. The average molecular weight is 412 g/mol. The Bertz CT molecular complexity index is 871.